The summed E-state index contributed by atoms with van der Waals surface area (Å²) in [4.78, 5) is 60.4. The van der Waals surface area contributed by atoms with Crippen LogP contribution in [0, 0.1) is 40.2 Å². The summed E-state index contributed by atoms with van der Waals surface area (Å²) in [7, 11) is 1.83. The molecule has 50 heavy (non-hydrogen) atoms. The van der Waals surface area contributed by atoms with Gasteiger partial charge < -0.3 is 31.1 Å². The van der Waals surface area contributed by atoms with Crippen molar-refractivity contribution in [2.24, 2.45) is 17.4 Å². The van der Waals surface area contributed by atoms with Gasteiger partial charge in [0.05, 0.1) is 42.3 Å². The number of fused-ring (bicyclic) bond motifs is 5. The summed E-state index contributed by atoms with van der Waals surface area (Å²) in [5, 5.41) is 18.3. The Kier molecular flexibility index (Phi) is 9.01. The van der Waals surface area contributed by atoms with E-state index in [9.17, 15) is 33.2 Å². The molecular formula is C34H42F2N10O4. The van der Waals surface area contributed by atoms with Crippen LogP contribution < -0.4 is 16.4 Å². The molecule has 7 fully saturated rings. The number of piperazine rings is 2. The lowest BCUT2D eigenvalue weighted by Gasteiger charge is -2.35. The van der Waals surface area contributed by atoms with Gasteiger partial charge in [-0.15, -0.1) is 0 Å². The lowest BCUT2D eigenvalue weighted by atomic mass is 10.1. The minimum atomic E-state index is -0.808. The number of hydrogen-bond acceptors (Lipinski definition) is 10. The molecule has 1 aromatic rings. The highest BCUT2D eigenvalue weighted by atomic mass is 19.1. The van der Waals surface area contributed by atoms with Crippen molar-refractivity contribution in [1.29, 1.82) is 10.5 Å². The van der Waals surface area contributed by atoms with Crippen LogP contribution in [-0.2, 0) is 19.2 Å². The van der Waals surface area contributed by atoms with Crippen LogP contribution >= 0.6 is 0 Å². The molecule has 2 unspecified atom stereocenters. The molecule has 6 aliphatic heterocycles. The number of carbonyl (C=O) groups excluding carboxylic acids is 4. The number of anilines is 1. The largest absolute Gasteiger partial charge is 0.340 e. The molecule has 0 radical (unpaired) electrons. The van der Waals surface area contributed by atoms with Crippen LogP contribution in [0.3, 0.4) is 0 Å². The Morgan fingerprint density at radius 2 is 1.46 bits per heavy atom. The van der Waals surface area contributed by atoms with Gasteiger partial charge in [0.1, 0.15) is 23.7 Å². The zero-order valence-electron chi connectivity index (χ0n) is 27.9. The lowest BCUT2D eigenvalue weighted by molar-refractivity contribution is -0.138. The normalized spacial score (nSPS) is 33.7. The van der Waals surface area contributed by atoms with Crippen molar-refractivity contribution in [3.8, 4) is 12.1 Å². The predicted molar refractivity (Wildman–Crippen MR) is 173 cm³/mol. The third-order valence-corrected chi connectivity index (χ3v) is 11.6. The maximum absolute atomic E-state index is 13.6. The number of hydrogen-bond donors (Lipinski definition) is 2. The molecule has 7 aliphatic rings. The number of likely N-dealkylation sites (tertiary alicyclic amines) is 5. The molecule has 1 saturated carbocycles. The number of nitrogens with zero attached hydrogens (tertiary/aromatic N) is 8. The molecule has 8 rings (SSSR count). The molecule has 6 saturated heterocycles. The number of nitriles is 2. The molecule has 10 atom stereocenters. The number of carbonyl (C=O) groups is 4. The Bertz CT molecular complexity index is 1650. The van der Waals surface area contributed by atoms with Gasteiger partial charge >= 0.3 is 0 Å². The lowest BCUT2D eigenvalue weighted by Crippen LogP contribution is -2.57. The number of halogens is 2. The fourth-order valence-corrected chi connectivity index (χ4v) is 9.04. The summed E-state index contributed by atoms with van der Waals surface area (Å²) in [5.41, 5.74) is 12.4. The van der Waals surface area contributed by atoms with Crippen LogP contribution in [0.5, 0.6) is 0 Å². The molecule has 4 bridgehead atoms. The maximum atomic E-state index is 13.6. The van der Waals surface area contributed by atoms with Crippen molar-refractivity contribution in [3.05, 3.63) is 29.8 Å². The number of piperidine rings is 1. The fourth-order valence-electron chi connectivity index (χ4n) is 9.04. The second-order valence-corrected chi connectivity index (χ2v) is 14.7. The third kappa shape index (κ3) is 5.98. The van der Waals surface area contributed by atoms with Gasteiger partial charge in [0.15, 0.2) is 0 Å². The second-order valence-electron chi connectivity index (χ2n) is 14.7. The minimum Gasteiger partial charge on any atom is -0.340 e. The zero-order chi connectivity index (χ0) is 35.6. The maximum Gasteiger partial charge on any atom is 0.244 e. The van der Waals surface area contributed by atoms with E-state index in [1.807, 2.05) is 16.8 Å². The number of amides is 4. The minimum absolute atomic E-state index is 0.121. The molecule has 0 aromatic heterocycles. The average molecular weight is 693 g/mol. The van der Waals surface area contributed by atoms with E-state index >= 15 is 0 Å². The van der Waals surface area contributed by atoms with Crippen LogP contribution in [-0.4, -0.2) is 142 Å². The Balaban J connectivity index is 0.000000166. The van der Waals surface area contributed by atoms with Crippen molar-refractivity contribution < 1.29 is 28.0 Å². The molecule has 266 valence electrons. The van der Waals surface area contributed by atoms with E-state index in [0.29, 0.717) is 38.4 Å². The first-order valence-electron chi connectivity index (χ1n) is 17.4. The van der Waals surface area contributed by atoms with Gasteiger partial charge in [-0.3, -0.25) is 29.0 Å². The van der Waals surface area contributed by atoms with Gasteiger partial charge in [-0.25, -0.2) is 8.78 Å². The molecule has 6 heterocycles. The second kappa shape index (κ2) is 13.2. The van der Waals surface area contributed by atoms with E-state index in [1.165, 1.54) is 4.90 Å². The summed E-state index contributed by atoms with van der Waals surface area (Å²) < 4.78 is 27.1. The summed E-state index contributed by atoms with van der Waals surface area (Å²) in [6.07, 6.45) is 4.60. The average Bonchev–Trinajstić information content (AvgIpc) is 3.70. The fraction of sp³-hybridized carbons (Fsp3) is 0.647. The van der Waals surface area contributed by atoms with E-state index in [0.717, 1.165) is 50.4 Å². The van der Waals surface area contributed by atoms with Crippen LogP contribution in [0.25, 0.3) is 0 Å². The van der Waals surface area contributed by atoms with E-state index in [4.69, 9.17) is 16.7 Å². The van der Waals surface area contributed by atoms with Crippen LogP contribution in [0.15, 0.2) is 18.2 Å². The Hall–Kier alpha value is -4.22. The van der Waals surface area contributed by atoms with Crippen LogP contribution in [0.2, 0.25) is 0 Å². The van der Waals surface area contributed by atoms with Crippen molar-refractivity contribution in [3.63, 3.8) is 0 Å². The van der Waals surface area contributed by atoms with Crippen molar-refractivity contribution >= 4 is 29.3 Å². The predicted octanol–water partition coefficient (Wildman–Crippen LogP) is -0.662. The highest BCUT2D eigenvalue weighted by Crippen LogP contribution is 2.48. The summed E-state index contributed by atoms with van der Waals surface area (Å²) in [6.45, 7) is 2.51. The summed E-state index contributed by atoms with van der Waals surface area (Å²) >= 11 is 0. The molecular weight excluding hydrogens is 650 g/mol. The molecule has 14 nitrogen and oxygen atoms in total. The molecule has 4 amide bonds. The molecule has 1 aliphatic carbocycles. The number of rotatable bonds is 7. The van der Waals surface area contributed by atoms with E-state index in [-0.39, 0.29) is 66.1 Å². The Morgan fingerprint density at radius 1 is 0.860 bits per heavy atom. The van der Waals surface area contributed by atoms with Gasteiger partial charge in [0.25, 0.3) is 0 Å². The standard InChI is InChI=1S/C20H21F2N5O2.C14H21N5O2/c21-11-3-12(22)5-13(4-11)26-15-6-18(20(26)29)25(8-15)9-16(24)19(28)27-14(7-23)1-10-2-17(10)27;1-17-10-5-12(14(17)21)18(7-10)8-11(16)13(20)19-4-2-3-9(19)6-15/h3-5,10,14-18H,1-2,6,8-9,24H2;9-12H,2-5,7-8,16H2,1H3/t10-,14+,15?,16+,17+,18+;9-,10?,11-,12-/m10/s1. The number of likely N-dealkylation sites (N-methyl/N-ethyl adjacent to an activating group) is 1. The van der Waals surface area contributed by atoms with E-state index in [2.05, 4.69) is 12.1 Å². The highest BCUT2D eigenvalue weighted by Gasteiger charge is 2.56. The Labute approximate surface area is 289 Å². The highest BCUT2D eigenvalue weighted by molar-refractivity contribution is 6.01. The number of nitrogens with two attached hydrogens (primary N) is 2. The van der Waals surface area contributed by atoms with Gasteiger partial charge in [0.2, 0.25) is 23.6 Å². The van der Waals surface area contributed by atoms with Crippen molar-refractivity contribution in [2.75, 3.05) is 44.7 Å². The first-order chi connectivity index (χ1) is 23.9. The smallest absolute Gasteiger partial charge is 0.244 e. The monoisotopic (exact) mass is 692 g/mol. The first-order valence-corrected chi connectivity index (χ1v) is 17.4. The summed E-state index contributed by atoms with van der Waals surface area (Å²) in [5.74, 6) is -1.54. The zero-order valence-corrected chi connectivity index (χ0v) is 27.9. The topological polar surface area (TPSA) is 187 Å². The van der Waals surface area contributed by atoms with E-state index in [1.54, 1.807) is 14.7 Å². The van der Waals surface area contributed by atoms with Crippen LogP contribution in [0.1, 0.15) is 38.5 Å². The van der Waals surface area contributed by atoms with Crippen molar-refractivity contribution in [1.82, 2.24) is 24.5 Å². The quantitative estimate of drug-likeness (QED) is 0.372. The van der Waals surface area contributed by atoms with Crippen molar-refractivity contribution in [2.45, 2.75) is 92.9 Å². The summed E-state index contributed by atoms with van der Waals surface area (Å²) in [6, 6.07) is 4.82. The van der Waals surface area contributed by atoms with Crippen LogP contribution in [0.4, 0.5) is 14.5 Å². The molecule has 1 aromatic carbocycles. The van der Waals surface area contributed by atoms with Gasteiger partial charge in [-0.1, -0.05) is 0 Å². The van der Waals surface area contributed by atoms with Gasteiger partial charge in [-0.05, 0) is 56.6 Å². The van der Waals surface area contributed by atoms with Gasteiger partial charge in [-0.2, -0.15) is 10.5 Å². The Morgan fingerprint density at radius 3 is 2.06 bits per heavy atom. The molecule has 0 spiro atoms. The van der Waals surface area contributed by atoms with Gasteiger partial charge in [0, 0.05) is 63.6 Å². The SMILES string of the molecule is CN1C(=O)[C@@H]2CC1CN2C[C@H](N)C(=O)N1CCC[C@H]1C#N.N#C[C@@H]1C[C@@H]2C[C@@H]2N1C(=O)[C@@H](N)CN1CC2C[C@H]1C(=O)N2c1cc(F)cc(F)c1. The molecule has 16 heteroatoms. The third-order valence-electron chi connectivity index (χ3n) is 11.6. The number of benzene rings is 1. The van der Waals surface area contributed by atoms with E-state index < -0.39 is 35.8 Å². The molecule has 4 N–H and O–H groups in total. The first kappa shape index (κ1) is 34.2.